The minimum absolute atomic E-state index is 0.0774. The van der Waals surface area contributed by atoms with Crippen LogP contribution < -0.4 is 10.9 Å². The van der Waals surface area contributed by atoms with Gasteiger partial charge in [0, 0.05) is 23.0 Å². The highest BCUT2D eigenvalue weighted by Gasteiger charge is 2.14. The van der Waals surface area contributed by atoms with Crippen molar-refractivity contribution in [1.82, 2.24) is 4.98 Å². The van der Waals surface area contributed by atoms with E-state index in [9.17, 15) is 9.90 Å². The van der Waals surface area contributed by atoms with Gasteiger partial charge in [0.1, 0.15) is 16.9 Å². The second-order valence-electron chi connectivity index (χ2n) is 6.44. The minimum Gasteiger partial charge on any atom is -0.508 e. The third-order valence-corrected chi connectivity index (χ3v) is 4.76. The Morgan fingerprint density at radius 2 is 1.93 bits per heavy atom. The molecule has 2 aromatic heterocycles. The molecule has 4 aromatic rings. The zero-order valence-electron chi connectivity index (χ0n) is 15.3. The first-order chi connectivity index (χ1) is 13.5. The summed E-state index contributed by atoms with van der Waals surface area (Å²) >= 11 is 1.33. The van der Waals surface area contributed by atoms with Gasteiger partial charge in [0.15, 0.2) is 5.13 Å². The fraction of sp³-hybridized carbons (Fsp3) is 0.0952. The number of rotatable bonds is 3. The highest BCUT2D eigenvalue weighted by Crippen LogP contribution is 2.21. The Balaban J connectivity index is 1.90. The maximum Gasteiger partial charge on any atom is 0.262 e. The maximum atomic E-state index is 12.9. The summed E-state index contributed by atoms with van der Waals surface area (Å²) < 4.78 is 5.89. The molecule has 0 aliphatic rings. The van der Waals surface area contributed by atoms with E-state index in [1.165, 1.54) is 17.4 Å². The second kappa shape index (κ2) is 7.28. The smallest absolute Gasteiger partial charge is 0.262 e. The standard InChI is InChI=1S/C21H17N3O3S/c1-12-7-13(2)9-15(8-12)23-20-17(19(26)24-21-22-5-6-28-21)10-14-3-4-16(25)11-18(14)27-20/h3-11,25H,1-2H3,(H,22,24,26). The molecule has 7 heteroatoms. The molecule has 140 valence electrons. The van der Waals surface area contributed by atoms with Gasteiger partial charge in [-0.3, -0.25) is 10.1 Å². The number of hydrogen-bond acceptors (Lipinski definition) is 6. The van der Waals surface area contributed by atoms with Gasteiger partial charge in [0.25, 0.3) is 5.91 Å². The third-order valence-electron chi connectivity index (χ3n) is 4.07. The normalized spacial score (nSPS) is 11.7. The minimum atomic E-state index is -0.364. The lowest BCUT2D eigenvalue weighted by atomic mass is 10.1. The number of phenols is 1. The largest absolute Gasteiger partial charge is 0.508 e. The molecule has 1 amide bonds. The highest BCUT2D eigenvalue weighted by molar-refractivity contribution is 7.13. The number of aromatic hydroxyl groups is 1. The Morgan fingerprint density at radius 3 is 2.64 bits per heavy atom. The predicted octanol–water partition coefficient (Wildman–Crippen LogP) is 4.70. The highest BCUT2D eigenvalue weighted by atomic mass is 32.1. The summed E-state index contributed by atoms with van der Waals surface area (Å²) in [4.78, 5) is 21.5. The van der Waals surface area contributed by atoms with E-state index in [-0.39, 0.29) is 22.8 Å². The fourth-order valence-electron chi connectivity index (χ4n) is 2.93. The van der Waals surface area contributed by atoms with Crippen LogP contribution in [0.3, 0.4) is 0 Å². The zero-order valence-corrected chi connectivity index (χ0v) is 16.1. The van der Waals surface area contributed by atoms with Crippen LogP contribution in [0.5, 0.6) is 5.75 Å². The van der Waals surface area contributed by atoms with Crippen molar-refractivity contribution in [2.75, 3.05) is 5.32 Å². The summed E-state index contributed by atoms with van der Waals surface area (Å²) in [5, 5.41) is 15.5. The van der Waals surface area contributed by atoms with Gasteiger partial charge in [-0.25, -0.2) is 9.98 Å². The number of nitrogens with one attached hydrogen (secondary N) is 1. The topological polar surface area (TPSA) is 87.7 Å². The van der Waals surface area contributed by atoms with Gasteiger partial charge in [-0.1, -0.05) is 6.07 Å². The van der Waals surface area contributed by atoms with Gasteiger partial charge in [0.05, 0.1) is 5.69 Å². The van der Waals surface area contributed by atoms with Gasteiger partial charge < -0.3 is 9.52 Å². The summed E-state index contributed by atoms with van der Waals surface area (Å²) in [5.74, 6) is -0.287. The van der Waals surface area contributed by atoms with Gasteiger partial charge in [0.2, 0.25) is 5.55 Å². The molecule has 2 heterocycles. The molecule has 2 N–H and O–H groups in total. The fourth-order valence-corrected chi connectivity index (χ4v) is 3.46. The van der Waals surface area contributed by atoms with Crippen molar-refractivity contribution in [3.8, 4) is 5.75 Å². The van der Waals surface area contributed by atoms with Crippen molar-refractivity contribution in [3.05, 3.63) is 76.3 Å². The Labute approximate surface area is 164 Å². The van der Waals surface area contributed by atoms with Crippen LogP contribution in [0.2, 0.25) is 0 Å². The summed E-state index contributed by atoms with van der Waals surface area (Å²) in [5.41, 5.74) is 3.69. The Bertz CT molecular complexity index is 1220. The van der Waals surface area contributed by atoms with Crippen LogP contribution in [0.4, 0.5) is 10.8 Å². The summed E-state index contributed by atoms with van der Waals surface area (Å²) in [7, 11) is 0. The molecule has 0 aliphatic carbocycles. The number of aromatic nitrogens is 1. The SMILES string of the molecule is Cc1cc(C)cc(N=c2oc3cc(O)ccc3cc2C(=O)Nc2nccs2)c1. The number of carbonyl (C=O) groups excluding carboxylic acids is 1. The Hall–Kier alpha value is -3.45. The van der Waals surface area contributed by atoms with Crippen molar-refractivity contribution >= 4 is 39.0 Å². The monoisotopic (exact) mass is 391 g/mol. The molecule has 4 rings (SSSR count). The molecule has 0 atom stereocenters. The molecule has 0 saturated carbocycles. The molecule has 0 spiro atoms. The molecule has 0 aliphatic heterocycles. The molecule has 6 nitrogen and oxygen atoms in total. The van der Waals surface area contributed by atoms with E-state index in [0.717, 1.165) is 11.1 Å². The van der Waals surface area contributed by atoms with Crippen molar-refractivity contribution < 1.29 is 14.3 Å². The zero-order chi connectivity index (χ0) is 19.7. The van der Waals surface area contributed by atoms with E-state index >= 15 is 0 Å². The summed E-state index contributed by atoms with van der Waals surface area (Å²) in [6, 6.07) is 12.3. The number of phenolic OH excluding ortho intramolecular Hbond substituents is 1. The number of nitrogens with zero attached hydrogens (tertiary/aromatic N) is 2. The molecule has 28 heavy (non-hydrogen) atoms. The number of benzene rings is 2. The summed E-state index contributed by atoms with van der Waals surface area (Å²) in [6.07, 6.45) is 1.62. The van der Waals surface area contributed by atoms with E-state index in [1.54, 1.807) is 29.8 Å². The number of carbonyl (C=O) groups is 1. The Morgan fingerprint density at radius 1 is 1.14 bits per heavy atom. The third kappa shape index (κ3) is 3.79. The average Bonchev–Trinajstić information content (AvgIpc) is 3.13. The van der Waals surface area contributed by atoms with E-state index in [1.807, 2.05) is 32.0 Å². The second-order valence-corrected chi connectivity index (χ2v) is 7.33. The quantitative estimate of drug-likeness (QED) is 0.530. The number of hydrogen-bond donors (Lipinski definition) is 2. The molecule has 0 saturated heterocycles. The Kier molecular flexibility index (Phi) is 4.67. The van der Waals surface area contributed by atoms with Crippen molar-refractivity contribution in [2.24, 2.45) is 4.99 Å². The van der Waals surface area contributed by atoms with Crippen molar-refractivity contribution in [1.29, 1.82) is 0 Å². The van der Waals surface area contributed by atoms with Crippen LogP contribution >= 0.6 is 11.3 Å². The molecular weight excluding hydrogens is 374 g/mol. The number of thiazole rings is 1. The molecule has 0 bridgehead atoms. The van der Waals surface area contributed by atoms with Gasteiger partial charge in [-0.05, 0) is 55.3 Å². The first-order valence-corrected chi connectivity index (χ1v) is 9.47. The van der Waals surface area contributed by atoms with Gasteiger partial charge in [-0.15, -0.1) is 11.3 Å². The number of aryl methyl sites for hydroxylation is 2. The average molecular weight is 391 g/mol. The lowest BCUT2D eigenvalue weighted by molar-refractivity contribution is 0.102. The first kappa shape index (κ1) is 17.9. The molecule has 2 aromatic carbocycles. The van der Waals surface area contributed by atoms with Crippen LogP contribution in [-0.2, 0) is 0 Å². The van der Waals surface area contributed by atoms with Crippen molar-refractivity contribution in [2.45, 2.75) is 13.8 Å². The van der Waals surface area contributed by atoms with Crippen molar-refractivity contribution in [3.63, 3.8) is 0 Å². The number of amides is 1. The van der Waals surface area contributed by atoms with Crippen LogP contribution in [0.1, 0.15) is 21.5 Å². The number of fused-ring (bicyclic) bond motifs is 1. The maximum absolute atomic E-state index is 12.9. The van der Waals surface area contributed by atoms with E-state index in [4.69, 9.17) is 4.42 Å². The lowest BCUT2D eigenvalue weighted by Crippen LogP contribution is -2.21. The number of anilines is 1. The predicted molar refractivity (Wildman–Crippen MR) is 109 cm³/mol. The molecular formula is C21H17N3O3S. The van der Waals surface area contributed by atoms with Crippen LogP contribution in [0.25, 0.3) is 11.0 Å². The molecule has 0 unspecified atom stereocenters. The van der Waals surface area contributed by atoms with Crippen LogP contribution in [-0.4, -0.2) is 16.0 Å². The molecule has 0 fully saturated rings. The van der Waals surface area contributed by atoms with E-state index in [0.29, 0.717) is 21.8 Å². The van der Waals surface area contributed by atoms with E-state index in [2.05, 4.69) is 15.3 Å². The van der Waals surface area contributed by atoms with Crippen LogP contribution in [0.15, 0.2) is 63.5 Å². The lowest BCUT2D eigenvalue weighted by Gasteiger charge is -2.06. The first-order valence-electron chi connectivity index (χ1n) is 8.59. The summed E-state index contributed by atoms with van der Waals surface area (Å²) in [6.45, 7) is 3.97. The van der Waals surface area contributed by atoms with Gasteiger partial charge in [-0.2, -0.15) is 0 Å². The van der Waals surface area contributed by atoms with E-state index < -0.39 is 0 Å². The van der Waals surface area contributed by atoms with Crippen LogP contribution in [0, 0.1) is 13.8 Å². The van der Waals surface area contributed by atoms with Gasteiger partial charge >= 0.3 is 0 Å². The molecule has 0 radical (unpaired) electrons.